The van der Waals surface area contributed by atoms with E-state index >= 15 is 0 Å². The van der Waals surface area contributed by atoms with Crippen LogP contribution in [-0.4, -0.2) is 22.1 Å². The van der Waals surface area contributed by atoms with Crippen LogP contribution in [0.5, 0.6) is 0 Å². The SMILES string of the molecule is C=Cc1ccc(Cn2c(C(=O)OCC)cc3ccccc32)nc1/C=C\C. The Labute approximate surface area is 153 Å². The van der Waals surface area contributed by atoms with Crippen molar-refractivity contribution in [3.05, 3.63) is 77.8 Å². The lowest BCUT2D eigenvalue weighted by Crippen LogP contribution is -2.13. The van der Waals surface area contributed by atoms with Crippen LogP contribution in [0.25, 0.3) is 23.1 Å². The fourth-order valence-corrected chi connectivity index (χ4v) is 3.00. The van der Waals surface area contributed by atoms with Crippen molar-refractivity contribution in [1.29, 1.82) is 0 Å². The van der Waals surface area contributed by atoms with Gasteiger partial charge in [0.15, 0.2) is 0 Å². The van der Waals surface area contributed by atoms with Crippen LogP contribution in [0.1, 0.15) is 41.3 Å². The third-order valence-corrected chi connectivity index (χ3v) is 4.17. The van der Waals surface area contributed by atoms with E-state index < -0.39 is 0 Å². The zero-order chi connectivity index (χ0) is 18.5. The normalized spacial score (nSPS) is 11.2. The maximum atomic E-state index is 12.4. The Morgan fingerprint density at radius 2 is 2.08 bits per heavy atom. The monoisotopic (exact) mass is 346 g/mol. The second-order valence-corrected chi connectivity index (χ2v) is 5.88. The van der Waals surface area contributed by atoms with Crippen LogP contribution in [0.4, 0.5) is 0 Å². The molecule has 0 aliphatic carbocycles. The average Bonchev–Trinajstić information content (AvgIpc) is 3.01. The topological polar surface area (TPSA) is 44.1 Å². The molecule has 0 unspecified atom stereocenters. The maximum Gasteiger partial charge on any atom is 0.354 e. The Hall–Kier alpha value is -3.14. The van der Waals surface area contributed by atoms with Crippen molar-refractivity contribution in [2.45, 2.75) is 20.4 Å². The summed E-state index contributed by atoms with van der Waals surface area (Å²) in [6.07, 6.45) is 5.70. The molecular formula is C22H22N2O2. The first-order chi connectivity index (χ1) is 12.7. The molecule has 0 amide bonds. The van der Waals surface area contributed by atoms with Crippen LogP contribution in [0.3, 0.4) is 0 Å². The number of rotatable bonds is 6. The Morgan fingerprint density at radius 3 is 2.81 bits per heavy atom. The van der Waals surface area contributed by atoms with Crippen molar-refractivity contribution in [2.24, 2.45) is 0 Å². The Morgan fingerprint density at radius 1 is 1.27 bits per heavy atom. The number of esters is 1. The molecule has 0 N–H and O–H groups in total. The minimum Gasteiger partial charge on any atom is -0.461 e. The number of carbonyl (C=O) groups is 1. The number of hydrogen-bond donors (Lipinski definition) is 0. The third kappa shape index (κ3) is 3.45. The van der Waals surface area contributed by atoms with Gasteiger partial charge < -0.3 is 9.30 Å². The Kier molecular flexibility index (Phi) is 5.32. The van der Waals surface area contributed by atoms with Crippen molar-refractivity contribution in [3.63, 3.8) is 0 Å². The molecule has 2 heterocycles. The number of carbonyl (C=O) groups excluding carboxylic acids is 1. The summed E-state index contributed by atoms with van der Waals surface area (Å²) in [5.41, 5.74) is 4.24. The summed E-state index contributed by atoms with van der Waals surface area (Å²) in [7, 11) is 0. The lowest BCUT2D eigenvalue weighted by Gasteiger charge is -2.11. The molecule has 0 saturated carbocycles. The first-order valence-electron chi connectivity index (χ1n) is 8.68. The molecule has 0 atom stereocenters. The quantitative estimate of drug-likeness (QED) is 0.594. The molecule has 4 nitrogen and oxygen atoms in total. The molecule has 0 fully saturated rings. The van der Waals surface area contributed by atoms with Gasteiger partial charge >= 0.3 is 5.97 Å². The molecule has 1 aromatic carbocycles. The Balaban J connectivity index is 2.08. The lowest BCUT2D eigenvalue weighted by molar-refractivity contribution is 0.0515. The number of allylic oxidation sites excluding steroid dienone is 1. The van der Waals surface area contributed by atoms with Gasteiger partial charge in [-0.2, -0.15) is 0 Å². The summed E-state index contributed by atoms with van der Waals surface area (Å²) in [5.74, 6) is -0.319. The van der Waals surface area contributed by atoms with E-state index in [0.717, 1.165) is 27.9 Å². The van der Waals surface area contributed by atoms with E-state index in [2.05, 4.69) is 6.58 Å². The maximum absolute atomic E-state index is 12.4. The first-order valence-corrected chi connectivity index (χ1v) is 8.68. The summed E-state index contributed by atoms with van der Waals surface area (Å²) in [4.78, 5) is 17.1. The molecule has 26 heavy (non-hydrogen) atoms. The molecular weight excluding hydrogens is 324 g/mol. The Bertz CT molecular complexity index is 983. The van der Waals surface area contributed by atoms with Crippen LogP contribution in [-0.2, 0) is 11.3 Å². The lowest BCUT2D eigenvalue weighted by atomic mass is 10.1. The van der Waals surface area contributed by atoms with Crippen molar-refractivity contribution in [1.82, 2.24) is 9.55 Å². The molecule has 0 aliphatic heterocycles. The van der Waals surface area contributed by atoms with Gasteiger partial charge in [-0.05, 0) is 43.7 Å². The van der Waals surface area contributed by atoms with Gasteiger partial charge in [0.25, 0.3) is 0 Å². The minimum atomic E-state index is -0.319. The second-order valence-electron chi connectivity index (χ2n) is 5.88. The molecule has 0 bridgehead atoms. The van der Waals surface area contributed by atoms with E-state index in [1.807, 2.05) is 73.0 Å². The van der Waals surface area contributed by atoms with Gasteiger partial charge in [0.05, 0.1) is 24.5 Å². The van der Waals surface area contributed by atoms with Gasteiger partial charge in [0.1, 0.15) is 5.69 Å². The van der Waals surface area contributed by atoms with E-state index in [1.165, 1.54) is 0 Å². The van der Waals surface area contributed by atoms with Crippen LogP contribution < -0.4 is 0 Å². The minimum absolute atomic E-state index is 0.319. The highest BCUT2D eigenvalue weighted by Crippen LogP contribution is 2.22. The number of aromatic nitrogens is 2. The van der Waals surface area contributed by atoms with Gasteiger partial charge in [0, 0.05) is 10.9 Å². The average molecular weight is 346 g/mol. The van der Waals surface area contributed by atoms with E-state index in [4.69, 9.17) is 9.72 Å². The van der Waals surface area contributed by atoms with E-state index in [-0.39, 0.29) is 5.97 Å². The standard InChI is InChI=1S/C22H22N2O2/c1-4-9-19-16(5-2)12-13-18(23-19)15-24-20-11-8-7-10-17(20)14-21(24)22(25)26-6-3/h4-5,7-14H,2,6,15H2,1,3H3/b9-4-. The predicted molar refractivity (Wildman–Crippen MR) is 106 cm³/mol. The number of nitrogens with zero attached hydrogens (tertiary/aromatic N) is 2. The number of ether oxygens (including phenoxy) is 1. The van der Waals surface area contributed by atoms with Gasteiger partial charge in [-0.25, -0.2) is 4.79 Å². The van der Waals surface area contributed by atoms with E-state index in [0.29, 0.717) is 18.8 Å². The predicted octanol–water partition coefficient (Wildman–Crippen LogP) is 4.94. The van der Waals surface area contributed by atoms with Crippen LogP contribution in [0, 0.1) is 0 Å². The first kappa shape index (κ1) is 17.7. The van der Waals surface area contributed by atoms with E-state index in [9.17, 15) is 4.79 Å². The van der Waals surface area contributed by atoms with Crippen LogP contribution in [0.2, 0.25) is 0 Å². The number of pyridine rings is 1. The van der Waals surface area contributed by atoms with E-state index in [1.54, 1.807) is 6.08 Å². The van der Waals surface area contributed by atoms with Crippen molar-refractivity contribution >= 4 is 29.0 Å². The largest absolute Gasteiger partial charge is 0.461 e. The number of hydrogen-bond acceptors (Lipinski definition) is 3. The van der Waals surface area contributed by atoms with Gasteiger partial charge in [-0.1, -0.05) is 43.0 Å². The number of para-hydroxylation sites is 1. The fraction of sp³-hybridized carbons (Fsp3) is 0.182. The molecule has 0 saturated heterocycles. The van der Waals surface area contributed by atoms with Crippen molar-refractivity contribution in [2.75, 3.05) is 6.61 Å². The number of benzene rings is 1. The molecule has 132 valence electrons. The van der Waals surface area contributed by atoms with Crippen LogP contribution >= 0.6 is 0 Å². The zero-order valence-electron chi connectivity index (χ0n) is 15.1. The van der Waals surface area contributed by atoms with Gasteiger partial charge in [-0.3, -0.25) is 4.98 Å². The summed E-state index contributed by atoms with van der Waals surface area (Å²) in [6, 6.07) is 13.8. The highest BCUT2D eigenvalue weighted by Gasteiger charge is 2.17. The summed E-state index contributed by atoms with van der Waals surface area (Å²) < 4.78 is 7.19. The molecule has 3 aromatic rings. The molecule has 3 rings (SSSR count). The summed E-state index contributed by atoms with van der Waals surface area (Å²) in [5, 5.41) is 1.01. The summed E-state index contributed by atoms with van der Waals surface area (Å²) >= 11 is 0. The van der Waals surface area contributed by atoms with Gasteiger partial charge in [-0.15, -0.1) is 0 Å². The van der Waals surface area contributed by atoms with Gasteiger partial charge in [0.2, 0.25) is 0 Å². The third-order valence-electron chi connectivity index (χ3n) is 4.17. The smallest absolute Gasteiger partial charge is 0.354 e. The molecule has 2 aromatic heterocycles. The number of fused-ring (bicyclic) bond motifs is 1. The summed E-state index contributed by atoms with van der Waals surface area (Å²) in [6.45, 7) is 8.44. The molecule has 0 radical (unpaired) electrons. The van der Waals surface area contributed by atoms with Crippen molar-refractivity contribution < 1.29 is 9.53 Å². The zero-order valence-corrected chi connectivity index (χ0v) is 15.1. The highest BCUT2D eigenvalue weighted by atomic mass is 16.5. The molecule has 4 heteroatoms. The van der Waals surface area contributed by atoms with Crippen molar-refractivity contribution in [3.8, 4) is 0 Å². The molecule has 0 spiro atoms. The molecule has 0 aliphatic rings. The van der Waals surface area contributed by atoms with Crippen LogP contribution in [0.15, 0.2) is 55.1 Å². The second kappa shape index (κ2) is 7.83. The fourth-order valence-electron chi connectivity index (χ4n) is 3.00. The highest BCUT2D eigenvalue weighted by molar-refractivity contribution is 5.95.